The lowest BCUT2D eigenvalue weighted by atomic mass is 10.3. The molecule has 1 saturated heterocycles. The van der Waals surface area contributed by atoms with E-state index in [1.165, 1.54) is 0 Å². The standard InChI is InChI=1S/C8H16N2O2/c1-2-8(9-7-11)10-3-5-12-6-4-10/h7-8H,2-6H2,1H3,(H,9,11). The van der Waals surface area contributed by atoms with Crippen molar-refractivity contribution >= 4 is 6.41 Å². The molecule has 1 unspecified atom stereocenters. The Morgan fingerprint density at radius 1 is 1.58 bits per heavy atom. The van der Waals surface area contributed by atoms with Crippen LogP contribution in [-0.4, -0.2) is 43.8 Å². The third-order valence-corrected chi connectivity index (χ3v) is 2.13. The molecule has 4 nitrogen and oxygen atoms in total. The number of carbonyl (C=O) groups is 1. The van der Waals surface area contributed by atoms with Gasteiger partial charge < -0.3 is 10.1 Å². The number of hydrogen-bond donors (Lipinski definition) is 1. The van der Waals surface area contributed by atoms with Crippen molar-refractivity contribution in [3.05, 3.63) is 0 Å². The molecule has 0 saturated carbocycles. The zero-order valence-corrected chi connectivity index (χ0v) is 7.45. The minimum atomic E-state index is 0.186. The Balaban J connectivity index is 2.34. The van der Waals surface area contributed by atoms with E-state index < -0.39 is 0 Å². The first-order valence-corrected chi connectivity index (χ1v) is 4.40. The van der Waals surface area contributed by atoms with Crippen LogP contribution < -0.4 is 5.32 Å². The maximum absolute atomic E-state index is 10.2. The highest BCUT2D eigenvalue weighted by atomic mass is 16.5. The molecular formula is C8H16N2O2. The highest BCUT2D eigenvalue weighted by molar-refractivity contribution is 5.46. The topological polar surface area (TPSA) is 41.6 Å². The van der Waals surface area contributed by atoms with Crippen molar-refractivity contribution in [3.8, 4) is 0 Å². The van der Waals surface area contributed by atoms with Crippen LogP contribution in [0.15, 0.2) is 0 Å². The second-order valence-corrected chi connectivity index (χ2v) is 2.86. The number of rotatable bonds is 4. The molecular weight excluding hydrogens is 156 g/mol. The van der Waals surface area contributed by atoms with Crippen LogP contribution in [0.25, 0.3) is 0 Å². The van der Waals surface area contributed by atoms with Gasteiger partial charge in [-0.1, -0.05) is 6.92 Å². The number of nitrogens with one attached hydrogen (secondary N) is 1. The van der Waals surface area contributed by atoms with Crippen LogP contribution in [0.4, 0.5) is 0 Å². The van der Waals surface area contributed by atoms with Crippen LogP contribution in [0, 0.1) is 0 Å². The Labute approximate surface area is 72.9 Å². The van der Waals surface area contributed by atoms with Crippen LogP contribution in [-0.2, 0) is 9.53 Å². The van der Waals surface area contributed by atoms with Gasteiger partial charge in [0.25, 0.3) is 0 Å². The lowest BCUT2D eigenvalue weighted by Gasteiger charge is -2.33. The number of hydrogen-bond acceptors (Lipinski definition) is 3. The molecule has 1 aliphatic rings. The number of amides is 1. The molecule has 0 aromatic carbocycles. The minimum Gasteiger partial charge on any atom is -0.379 e. The van der Waals surface area contributed by atoms with Crippen LogP contribution in [0.1, 0.15) is 13.3 Å². The predicted molar refractivity (Wildman–Crippen MR) is 45.7 cm³/mol. The van der Waals surface area contributed by atoms with Gasteiger partial charge >= 0.3 is 0 Å². The summed E-state index contributed by atoms with van der Waals surface area (Å²) in [5, 5.41) is 2.79. The van der Waals surface area contributed by atoms with Crippen molar-refractivity contribution in [1.82, 2.24) is 10.2 Å². The monoisotopic (exact) mass is 172 g/mol. The van der Waals surface area contributed by atoms with Crippen LogP contribution in [0.3, 0.4) is 0 Å². The summed E-state index contributed by atoms with van der Waals surface area (Å²) in [4.78, 5) is 12.5. The quantitative estimate of drug-likeness (QED) is 0.597. The van der Waals surface area contributed by atoms with Crippen molar-refractivity contribution in [2.75, 3.05) is 26.3 Å². The summed E-state index contributed by atoms with van der Waals surface area (Å²) in [6, 6.07) is 0. The molecule has 0 aliphatic carbocycles. The molecule has 1 aliphatic heterocycles. The SMILES string of the molecule is CCC(NC=O)N1CCOCC1. The van der Waals surface area contributed by atoms with Crippen LogP contribution in [0.2, 0.25) is 0 Å². The van der Waals surface area contributed by atoms with E-state index in [-0.39, 0.29) is 6.17 Å². The molecule has 1 N–H and O–H groups in total. The number of nitrogens with zero attached hydrogens (tertiary/aromatic N) is 1. The molecule has 1 amide bonds. The zero-order chi connectivity index (χ0) is 8.81. The Bertz CT molecular complexity index is 135. The Morgan fingerprint density at radius 3 is 2.75 bits per heavy atom. The molecule has 0 spiro atoms. The number of morpholine rings is 1. The van der Waals surface area contributed by atoms with E-state index in [0.717, 1.165) is 39.1 Å². The first-order valence-electron chi connectivity index (χ1n) is 4.40. The van der Waals surface area contributed by atoms with E-state index in [4.69, 9.17) is 4.74 Å². The van der Waals surface area contributed by atoms with Gasteiger partial charge in [-0.05, 0) is 6.42 Å². The first kappa shape index (κ1) is 9.48. The Morgan fingerprint density at radius 2 is 2.25 bits per heavy atom. The summed E-state index contributed by atoms with van der Waals surface area (Å²) < 4.78 is 5.21. The van der Waals surface area contributed by atoms with Crippen LogP contribution >= 0.6 is 0 Å². The van der Waals surface area contributed by atoms with Gasteiger partial charge in [0.2, 0.25) is 6.41 Å². The second-order valence-electron chi connectivity index (χ2n) is 2.86. The zero-order valence-electron chi connectivity index (χ0n) is 7.45. The van der Waals surface area contributed by atoms with Gasteiger partial charge in [-0.25, -0.2) is 0 Å². The molecule has 1 rings (SSSR count). The normalized spacial score (nSPS) is 21.8. The van der Waals surface area contributed by atoms with Gasteiger partial charge in [0.15, 0.2) is 0 Å². The second kappa shape index (κ2) is 5.11. The predicted octanol–water partition coefficient (Wildman–Crippen LogP) is -0.199. The van der Waals surface area contributed by atoms with Gasteiger partial charge in [-0.3, -0.25) is 9.69 Å². The molecule has 12 heavy (non-hydrogen) atoms. The lowest BCUT2D eigenvalue weighted by Crippen LogP contribution is -2.49. The summed E-state index contributed by atoms with van der Waals surface area (Å²) in [5.74, 6) is 0. The average molecular weight is 172 g/mol. The Kier molecular flexibility index (Phi) is 4.04. The maximum Gasteiger partial charge on any atom is 0.208 e. The number of ether oxygens (including phenoxy) is 1. The summed E-state index contributed by atoms with van der Waals surface area (Å²) in [6.45, 7) is 5.45. The summed E-state index contributed by atoms with van der Waals surface area (Å²) in [7, 11) is 0. The molecule has 0 aromatic rings. The molecule has 1 atom stereocenters. The third-order valence-electron chi connectivity index (χ3n) is 2.13. The van der Waals surface area contributed by atoms with Crippen molar-refractivity contribution in [2.45, 2.75) is 19.5 Å². The number of carbonyl (C=O) groups excluding carboxylic acids is 1. The molecule has 0 aromatic heterocycles. The first-order chi connectivity index (χ1) is 5.88. The Hall–Kier alpha value is -0.610. The van der Waals surface area contributed by atoms with Gasteiger partial charge in [0.05, 0.1) is 19.4 Å². The maximum atomic E-state index is 10.2. The summed E-state index contributed by atoms with van der Waals surface area (Å²) >= 11 is 0. The fourth-order valence-corrected chi connectivity index (χ4v) is 1.45. The van der Waals surface area contributed by atoms with Crippen molar-refractivity contribution in [2.24, 2.45) is 0 Å². The van der Waals surface area contributed by atoms with E-state index in [2.05, 4.69) is 17.1 Å². The molecule has 0 bridgehead atoms. The van der Waals surface area contributed by atoms with Crippen molar-refractivity contribution in [1.29, 1.82) is 0 Å². The molecule has 1 heterocycles. The molecule has 70 valence electrons. The van der Waals surface area contributed by atoms with Crippen molar-refractivity contribution < 1.29 is 9.53 Å². The van der Waals surface area contributed by atoms with E-state index in [9.17, 15) is 4.79 Å². The van der Waals surface area contributed by atoms with Gasteiger partial charge in [-0.2, -0.15) is 0 Å². The molecule has 4 heteroatoms. The van der Waals surface area contributed by atoms with Crippen molar-refractivity contribution in [3.63, 3.8) is 0 Å². The van der Waals surface area contributed by atoms with Gasteiger partial charge in [-0.15, -0.1) is 0 Å². The van der Waals surface area contributed by atoms with E-state index in [0.29, 0.717) is 0 Å². The largest absolute Gasteiger partial charge is 0.379 e. The fraction of sp³-hybridized carbons (Fsp3) is 0.875. The lowest BCUT2D eigenvalue weighted by molar-refractivity contribution is -0.112. The van der Waals surface area contributed by atoms with Crippen LogP contribution in [0.5, 0.6) is 0 Å². The van der Waals surface area contributed by atoms with E-state index >= 15 is 0 Å². The van der Waals surface area contributed by atoms with E-state index in [1.807, 2.05) is 0 Å². The highest BCUT2D eigenvalue weighted by Gasteiger charge is 2.17. The average Bonchev–Trinajstić information content (AvgIpc) is 2.15. The smallest absolute Gasteiger partial charge is 0.208 e. The molecule has 1 fully saturated rings. The molecule has 0 radical (unpaired) electrons. The van der Waals surface area contributed by atoms with E-state index in [1.54, 1.807) is 0 Å². The summed E-state index contributed by atoms with van der Waals surface area (Å²) in [5.41, 5.74) is 0. The highest BCUT2D eigenvalue weighted by Crippen LogP contribution is 2.03. The van der Waals surface area contributed by atoms with Gasteiger partial charge in [0.1, 0.15) is 0 Å². The summed E-state index contributed by atoms with van der Waals surface area (Å²) in [6.07, 6.45) is 1.90. The van der Waals surface area contributed by atoms with Gasteiger partial charge in [0, 0.05) is 13.1 Å². The minimum absolute atomic E-state index is 0.186. The fourth-order valence-electron chi connectivity index (χ4n) is 1.45. The third kappa shape index (κ3) is 2.46.